The van der Waals surface area contributed by atoms with E-state index in [0.717, 1.165) is 39.2 Å². The topological polar surface area (TPSA) is 159 Å². The highest BCUT2D eigenvalue weighted by Gasteiger charge is 2.20. The molecule has 0 unspecified atom stereocenters. The number of likely N-dealkylation sites (N-methyl/N-ethyl adjacent to an activating group) is 1. The molecule has 6 rings (SSSR count). The number of nitrogens with zero attached hydrogens (tertiary/aromatic N) is 4. The summed E-state index contributed by atoms with van der Waals surface area (Å²) in [5, 5.41) is 2.71. The summed E-state index contributed by atoms with van der Waals surface area (Å²) < 4.78 is 19.0. The highest BCUT2D eigenvalue weighted by Crippen LogP contribution is 2.32. The summed E-state index contributed by atoms with van der Waals surface area (Å²) in [6, 6.07) is 17.5. The van der Waals surface area contributed by atoms with Crippen molar-refractivity contribution in [2.75, 3.05) is 25.6 Å². The molecular formula is C35H36N7O6+. The van der Waals surface area contributed by atoms with E-state index in [2.05, 4.69) is 20.3 Å². The minimum atomic E-state index is -0.554. The number of aryl methyl sites for hydroxylation is 2. The number of pyridine rings is 2. The van der Waals surface area contributed by atoms with Crippen molar-refractivity contribution in [3.63, 3.8) is 0 Å². The largest absolute Gasteiger partial charge is 0.510 e. The van der Waals surface area contributed by atoms with Gasteiger partial charge in [-0.15, -0.1) is 0 Å². The lowest BCUT2D eigenvalue weighted by Crippen LogP contribution is -2.38. The number of hydrogen-bond acceptors (Lipinski definition) is 8. The number of H-pyrrole nitrogens is 2. The van der Waals surface area contributed by atoms with Gasteiger partial charge < -0.3 is 24.1 Å². The second-order valence-electron chi connectivity index (χ2n) is 11.4. The Morgan fingerprint density at radius 2 is 1.98 bits per heavy atom. The number of aromatic amines is 2. The van der Waals surface area contributed by atoms with Crippen LogP contribution >= 0.6 is 0 Å². The van der Waals surface area contributed by atoms with E-state index >= 15 is 0 Å². The summed E-state index contributed by atoms with van der Waals surface area (Å²) in [7, 11) is 3.28. The Morgan fingerprint density at radius 3 is 2.77 bits per heavy atom. The molecule has 4 heterocycles. The normalized spacial score (nSPS) is 11.2. The number of anilines is 1. The quantitative estimate of drug-likeness (QED) is 0.203. The van der Waals surface area contributed by atoms with E-state index in [4.69, 9.17) is 18.9 Å². The fourth-order valence-electron chi connectivity index (χ4n) is 5.64. The number of nitrogens with one attached hydrogen (secondary N) is 3. The SMILES string of the molecule is COc1nc2c(OCc3c(C)ccc(N(C)C(=O)CNC(=O)CCc4c[nH+]c5[nH]c(=O)oc5c4)c3C)cccc2n1Cc1ccccn1. The molecule has 3 N–H and O–H groups in total. The number of imidazole rings is 1. The third kappa shape index (κ3) is 6.75. The van der Waals surface area contributed by atoms with Crippen molar-refractivity contribution >= 4 is 39.8 Å². The van der Waals surface area contributed by atoms with Gasteiger partial charge in [0.05, 0.1) is 37.6 Å². The number of carbonyl (C=O) groups excluding carboxylic acids is 2. The van der Waals surface area contributed by atoms with Crippen molar-refractivity contribution in [3.8, 4) is 11.8 Å². The van der Waals surface area contributed by atoms with Gasteiger partial charge >= 0.3 is 11.4 Å². The van der Waals surface area contributed by atoms with Gasteiger partial charge in [0.1, 0.15) is 17.9 Å². The molecule has 2 amide bonds. The second kappa shape index (κ2) is 13.8. The predicted molar refractivity (Wildman–Crippen MR) is 178 cm³/mol. The molecule has 6 aromatic rings. The number of rotatable bonds is 12. The smallest absolute Gasteiger partial charge is 0.487 e. The maximum absolute atomic E-state index is 13.1. The van der Waals surface area contributed by atoms with E-state index in [-0.39, 0.29) is 31.4 Å². The van der Waals surface area contributed by atoms with E-state index in [0.29, 0.717) is 41.5 Å². The maximum atomic E-state index is 13.1. The van der Waals surface area contributed by atoms with Crippen molar-refractivity contribution in [1.82, 2.24) is 24.8 Å². The van der Waals surface area contributed by atoms with Gasteiger partial charge in [0.2, 0.25) is 17.4 Å². The van der Waals surface area contributed by atoms with Gasteiger partial charge in [0.15, 0.2) is 0 Å². The molecule has 2 aromatic carbocycles. The fourth-order valence-corrected chi connectivity index (χ4v) is 5.64. The van der Waals surface area contributed by atoms with Crippen LogP contribution in [0.5, 0.6) is 11.8 Å². The van der Waals surface area contributed by atoms with Crippen LogP contribution in [0.25, 0.3) is 22.3 Å². The zero-order valence-corrected chi connectivity index (χ0v) is 27.1. The number of aromatic nitrogens is 5. The Morgan fingerprint density at radius 1 is 1.12 bits per heavy atom. The average molecular weight is 651 g/mol. The minimum Gasteiger partial charge on any atom is -0.487 e. The van der Waals surface area contributed by atoms with Gasteiger partial charge in [0.25, 0.3) is 6.01 Å². The van der Waals surface area contributed by atoms with Crippen LogP contribution in [0.4, 0.5) is 5.69 Å². The first-order valence-electron chi connectivity index (χ1n) is 15.4. The van der Waals surface area contributed by atoms with E-state index < -0.39 is 5.76 Å². The molecule has 0 fully saturated rings. The first-order valence-corrected chi connectivity index (χ1v) is 15.4. The zero-order valence-electron chi connectivity index (χ0n) is 27.1. The summed E-state index contributed by atoms with van der Waals surface area (Å²) in [5.74, 6) is -0.476. The van der Waals surface area contributed by atoms with E-state index in [1.165, 1.54) is 0 Å². The Labute approximate surface area is 275 Å². The van der Waals surface area contributed by atoms with Crippen LogP contribution in [0.1, 0.15) is 34.4 Å². The second-order valence-corrected chi connectivity index (χ2v) is 11.4. The summed E-state index contributed by atoms with van der Waals surface area (Å²) in [6.45, 7) is 4.55. The monoisotopic (exact) mass is 650 g/mol. The fraction of sp³-hybridized carbons (Fsp3) is 0.257. The summed E-state index contributed by atoms with van der Waals surface area (Å²) in [6.07, 6.45) is 4.03. The maximum Gasteiger partial charge on any atom is 0.510 e. The predicted octanol–water partition coefficient (Wildman–Crippen LogP) is 3.64. The number of para-hydroxylation sites is 1. The van der Waals surface area contributed by atoms with Gasteiger partial charge in [-0.05, 0) is 78.9 Å². The van der Waals surface area contributed by atoms with Crippen molar-refractivity contribution in [1.29, 1.82) is 0 Å². The van der Waals surface area contributed by atoms with Crippen molar-refractivity contribution in [2.45, 2.75) is 39.8 Å². The number of ether oxygens (including phenoxy) is 2. The number of amides is 2. The first-order chi connectivity index (χ1) is 23.2. The van der Waals surface area contributed by atoms with Crippen LogP contribution in [0.3, 0.4) is 0 Å². The van der Waals surface area contributed by atoms with E-state index in [9.17, 15) is 14.4 Å². The highest BCUT2D eigenvalue weighted by molar-refractivity contribution is 5.97. The molecule has 246 valence electrons. The highest BCUT2D eigenvalue weighted by atomic mass is 16.5. The Bertz CT molecular complexity index is 2170. The summed E-state index contributed by atoms with van der Waals surface area (Å²) in [4.78, 5) is 53.2. The molecule has 0 bridgehead atoms. The van der Waals surface area contributed by atoms with Gasteiger partial charge in [-0.2, -0.15) is 14.8 Å². The van der Waals surface area contributed by atoms with Gasteiger partial charge in [0, 0.05) is 25.4 Å². The average Bonchev–Trinajstić information content (AvgIpc) is 3.65. The molecule has 0 aliphatic heterocycles. The molecule has 0 spiro atoms. The van der Waals surface area contributed by atoms with Crippen molar-refractivity contribution < 1.29 is 28.5 Å². The molecule has 13 heteroatoms. The van der Waals surface area contributed by atoms with Gasteiger partial charge in [-0.25, -0.2) is 4.98 Å². The van der Waals surface area contributed by atoms with Gasteiger partial charge in [-0.3, -0.25) is 19.1 Å². The van der Waals surface area contributed by atoms with Crippen LogP contribution in [0.15, 0.2) is 76.2 Å². The summed E-state index contributed by atoms with van der Waals surface area (Å²) >= 11 is 0. The molecule has 48 heavy (non-hydrogen) atoms. The number of hydrogen-bond donors (Lipinski definition) is 2. The number of carbonyl (C=O) groups is 2. The molecular weight excluding hydrogens is 614 g/mol. The van der Waals surface area contributed by atoms with Crippen LogP contribution in [-0.2, 0) is 29.2 Å². The molecule has 4 aromatic heterocycles. The van der Waals surface area contributed by atoms with Crippen LogP contribution in [-0.4, -0.2) is 52.0 Å². The third-order valence-corrected chi connectivity index (χ3v) is 8.32. The van der Waals surface area contributed by atoms with Gasteiger partial charge in [-0.1, -0.05) is 18.2 Å². The lowest BCUT2D eigenvalue weighted by molar-refractivity contribution is -0.348. The number of methoxy groups -OCH3 is 1. The van der Waals surface area contributed by atoms with Crippen LogP contribution < -0.4 is 30.4 Å². The number of fused-ring (bicyclic) bond motifs is 2. The number of oxazole rings is 1. The number of benzene rings is 2. The summed E-state index contributed by atoms with van der Waals surface area (Å²) in [5.41, 5.74) is 7.65. The zero-order chi connectivity index (χ0) is 33.8. The van der Waals surface area contributed by atoms with Crippen LogP contribution in [0, 0.1) is 13.8 Å². The Kier molecular flexibility index (Phi) is 9.19. The minimum absolute atomic E-state index is 0.155. The molecule has 0 aliphatic carbocycles. The molecule has 0 atom stereocenters. The molecule has 0 saturated heterocycles. The van der Waals surface area contributed by atoms with Crippen LogP contribution in [0.2, 0.25) is 0 Å². The Hall–Kier alpha value is -5.98. The Balaban J connectivity index is 1.10. The molecule has 0 aliphatic rings. The third-order valence-electron chi connectivity index (χ3n) is 8.32. The molecule has 13 nitrogen and oxygen atoms in total. The van der Waals surface area contributed by atoms with Crippen molar-refractivity contribution in [3.05, 3.63) is 105 Å². The van der Waals surface area contributed by atoms with Crippen molar-refractivity contribution in [2.24, 2.45) is 0 Å². The molecule has 0 radical (unpaired) electrons. The van der Waals surface area contributed by atoms with E-state index in [1.54, 1.807) is 37.5 Å². The molecule has 0 saturated carbocycles. The lowest BCUT2D eigenvalue weighted by atomic mass is 10.0. The lowest BCUT2D eigenvalue weighted by Gasteiger charge is -2.23. The standard InChI is InChI=1S/C35H35N7O6/c1-21-11-13-26(41(3)31(44)18-37-30(43)14-12-23-16-29-33(38-17-23)40-35(45)48-29)22(2)25(21)20-47-28-10-7-9-27-32(28)39-34(46-4)42(27)19-24-8-5-6-15-36-24/h5-11,13,15-17H,12,14,18-20H2,1-4H3,(H,37,43)(H,38,40,45)/p+1. The van der Waals surface area contributed by atoms with E-state index in [1.807, 2.05) is 66.9 Å². The first kappa shape index (κ1) is 32.0.